The molecule has 3 amide bonds. The molecule has 0 bridgehead atoms. The minimum absolute atomic E-state index is 0.0407. The molecule has 3 aliphatic rings. The summed E-state index contributed by atoms with van der Waals surface area (Å²) in [5, 5.41) is 9.81. The Balaban J connectivity index is 1.32. The maximum absolute atomic E-state index is 15.2. The van der Waals surface area contributed by atoms with E-state index in [1.165, 1.54) is 12.1 Å². The van der Waals surface area contributed by atoms with E-state index in [2.05, 4.69) is 15.7 Å². The molecule has 1 aliphatic heterocycles. The minimum Gasteiger partial charge on any atom is -0.339 e. The summed E-state index contributed by atoms with van der Waals surface area (Å²) in [7, 11) is 0. The van der Waals surface area contributed by atoms with Crippen LogP contribution in [0.25, 0.3) is 0 Å². The van der Waals surface area contributed by atoms with Gasteiger partial charge in [-0.05, 0) is 88.0 Å². The molecule has 3 fully saturated rings. The van der Waals surface area contributed by atoms with Crippen LogP contribution in [0.5, 0.6) is 0 Å². The van der Waals surface area contributed by atoms with Crippen LogP contribution >= 0.6 is 0 Å². The Labute approximate surface area is 231 Å². The molecular weight excluding hydrogens is 523 g/mol. The van der Waals surface area contributed by atoms with E-state index in [9.17, 15) is 23.2 Å². The molecule has 2 aromatic rings. The number of carbonyl (C=O) groups is 3. The highest BCUT2D eigenvalue weighted by atomic mass is 19.3. The van der Waals surface area contributed by atoms with Gasteiger partial charge in [-0.2, -0.15) is 5.10 Å². The van der Waals surface area contributed by atoms with Gasteiger partial charge in [-0.15, -0.1) is 0 Å². The van der Waals surface area contributed by atoms with Crippen LogP contribution in [0.15, 0.2) is 30.5 Å². The van der Waals surface area contributed by atoms with Gasteiger partial charge >= 0.3 is 0 Å². The quantitative estimate of drug-likeness (QED) is 0.439. The van der Waals surface area contributed by atoms with E-state index in [4.69, 9.17) is 0 Å². The Kier molecular flexibility index (Phi) is 7.67. The lowest BCUT2D eigenvalue weighted by molar-refractivity contribution is -0.132. The fourth-order valence-corrected chi connectivity index (χ4v) is 5.80. The van der Waals surface area contributed by atoms with E-state index in [0.717, 1.165) is 36.6 Å². The summed E-state index contributed by atoms with van der Waals surface area (Å²) >= 11 is 0. The van der Waals surface area contributed by atoms with Crippen molar-refractivity contribution in [1.82, 2.24) is 20.0 Å². The molecular formula is C29H36F3N5O3. The average molecular weight is 560 g/mol. The number of alkyl halides is 2. The van der Waals surface area contributed by atoms with Crippen LogP contribution in [-0.2, 0) is 9.59 Å². The Morgan fingerprint density at radius 2 is 1.73 bits per heavy atom. The number of halogens is 3. The second-order valence-electron chi connectivity index (χ2n) is 11.8. The number of amides is 3. The van der Waals surface area contributed by atoms with E-state index in [1.807, 2.05) is 13.8 Å². The summed E-state index contributed by atoms with van der Waals surface area (Å²) in [6.07, 6.45) is 5.11. The third-order valence-corrected chi connectivity index (χ3v) is 8.28. The molecule has 216 valence electrons. The molecule has 1 aromatic heterocycles. The van der Waals surface area contributed by atoms with E-state index >= 15 is 4.39 Å². The lowest BCUT2D eigenvalue weighted by atomic mass is 9.88. The van der Waals surface area contributed by atoms with Gasteiger partial charge in [0.25, 0.3) is 11.8 Å². The van der Waals surface area contributed by atoms with Gasteiger partial charge < -0.3 is 15.5 Å². The minimum atomic E-state index is -2.91. The fourth-order valence-electron chi connectivity index (χ4n) is 5.80. The number of rotatable bonds is 10. The number of benzene rings is 1. The van der Waals surface area contributed by atoms with Gasteiger partial charge in [-0.3, -0.25) is 19.1 Å². The van der Waals surface area contributed by atoms with Crippen LogP contribution in [0.3, 0.4) is 0 Å². The molecule has 8 nitrogen and oxygen atoms in total. The molecule has 0 radical (unpaired) electrons. The molecule has 2 N–H and O–H groups in total. The molecule has 1 saturated heterocycles. The summed E-state index contributed by atoms with van der Waals surface area (Å²) in [5.74, 6) is -5.25. The highest BCUT2D eigenvalue weighted by molar-refractivity contribution is 6.01. The molecule has 2 saturated carbocycles. The molecule has 1 aromatic carbocycles. The number of likely N-dealkylation sites (tertiary alicyclic amines) is 1. The smallest absolute Gasteiger partial charge is 0.270 e. The van der Waals surface area contributed by atoms with Crippen LogP contribution in [0.4, 0.5) is 18.9 Å². The summed E-state index contributed by atoms with van der Waals surface area (Å²) < 4.78 is 44.0. The van der Waals surface area contributed by atoms with E-state index in [-0.39, 0.29) is 30.6 Å². The van der Waals surface area contributed by atoms with Crippen molar-refractivity contribution in [2.24, 2.45) is 17.8 Å². The van der Waals surface area contributed by atoms with Crippen LogP contribution in [0.1, 0.15) is 80.9 Å². The first-order valence-electron chi connectivity index (χ1n) is 14.1. The van der Waals surface area contributed by atoms with Crippen molar-refractivity contribution in [1.29, 1.82) is 0 Å². The van der Waals surface area contributed by atoms with Crippen LogP contribution < -0.4 is 10.6 Å². The van der Waals surface area contributed by atoms with Crippen LogP contribution in [0, 0.1) is 23.6 Å². The van der Waals surface area contributed by atoms with Gasteiger partial charge in [0.05, 0.1) is 18.2 Å². The van der Waals surface area contributed by atoms with Gasteiger partial charge in [-0.1, -0.05) is 6.07 Å². The van der Waals surface area contributed by atoms with E-state index in [0.29, 0.717) is 23.1 Å². The van der Waals surface area contributed by atoms with Crippen molar-refractivity contribution < 1.29 is 27.6 Å². The molecule has 11 heteroatoms. The zero-order valence-corrected chi connectivity index (χ0v) is 23.0. The third-order valence-electron chi connectivity index (χ3n) is 8.28. The van der Waals surface area contributed by atoms with Crippen molar-refractivity contribution in [2.45, 2.75) is 76.8 Å². The number of carbonyl (C=O) groups excluding carboxylic acids is 3. The lowest BCUT2D eigenvalue weighted by Gasteiger charge is -2.28. The lowest BCUT2D eigenvalue weighted by Crippen LogP contribution is -2.50. The summed E-state index contributed by atoms with van der Waals surface area (Å²) in [6.45, 7) is 4.69. The highest BCUT2D eigenvalue weighted by Crippen LogP contribution is 2.51. The Bertz CT molecular complexity index is 1280. The first kappa shape index (κ1) is 28.2. The molecule has 0 spiro atoms. The number of nitrogens with zero attached hydrogens (tertiary/aromatic N) is 3. The van der Waals surface area contributed by atoms with E-state index < -0.39 is 48.0 Å². The predicted octanol–water partition coefficient (Wildman–Crippen LogP) is 4.75. The second-order valence-corrected chi connectivity index (χ2v) is 11.8. The number of anilines is 1. The highest BCUT2D eigenvalue weighted by Gasteiger charge is 2.48. The van der Waals surface area contributed by atoms with Gasteiger partial charge in [0.15, 0.2) is 0 Å². The first-order valence-corrected chi connectivity index (χ1v) is 14.1. The number of hydrogen-bond acceptors (Lipinski definition) is 4. The normalized spacial score (nSPS) is 20.1. The molecule has 2 heterocycles. The largest absolute Gasteiger partial charge is 0.339 e. The Morgan fingerprint density at radius 3 is 2.27 bits per heavy atom. The Hall–Kier alpha value is -3.37. The van der Waals surface area contributed by atoms with Crippen molar-refractivity contribution in [3.8, 4) is 0 Å². The maximum atomic E-state index is 15.2. The summed E-state index contributed by atoms with van der Waals surface area (Å²) in [4.78, 5) is 40.7. The fraction of sp³-hybridized carbons (Fsp3) is 0.586. The van der Waals surface area contributed by atoms with Crippen LogP contribution in [-0.4, -0.2) is 57.5 Å². The summed E-state index contributed by atoms with van der Waals surface area (Å²) in [5.41, 5.74) is 0.609. The van der Waals surface area contributed by atoms with Gasteiger partial charge in [0, 0.05) is 25.2 Å². The predicted molar refractivity (Wildman–Crippen MR) is 142 cm³/mol. The van der Waals surface area contributed by atoms with Gasteiger partial charge in [0.1, 0.15) is 17.6 Å². The van der Waals surface area contributed by atoms with Crippen molar-refractivity contribution in [3.63, 3.8) is 0 Å². The topological polar surface area (TPSA) is 96.3 Å². The molecule has 5 rings (SSSR count). The average Bonchev–Trinajstić information content (AvgIpc) is 3.83. The number of nitrogens with one attached hydrogen (secondary N) is 2. The van der Waals surface area contributed by atoms with Crippen molar-refractivity contribution in [3.05, 3.63) is 47.5 Å². The molecule has 0 unspecified atom stereocenters. The first-order chi connectivity index (χ1) is 18.9. The standard InChI is InChI=1S/C29H36F3N5O3/c1-16(2)37-23(10-12-33-37)26(38)35-25(24(18-4-5-18)19-6-7-19)27(39)34-22-9-8-20(14-21(22)30)17(3)28(40)36-13-11-29(31,32)15-36/h8-10,12,14,16-19,24-25H,4-7,11,13,15H2,1-3H3,(H,34,39)(H,35,38)/t17-,25-/m0/s1. The van der Waals surface area contributed by atoms with E-state index in [1.54, 1.807) is 23.9 Å². The molecule has 2 aliphatic carbocycles. The number of aromatic nitrogens is 2. The second kappa shape index (κ2) is 10.9. The van der Waals surface area contributed by atoms with Gasteiger partial charge in [0.2, 0.25) is 11.8 Å². The number of hydrogen-bond donors (Lipinski definition) is 2. The van der Waals surface area contributed by atoms with Gasteiger partial charge in [-0.25, -0.2) is 13.2 Å². The maximum Gasteiger partial charge on any atom is 0.270 e. The zero-order valence-electron chi connectivity index (χ0n) is 23.0. The monoisotopic (exact) mass is 559 g/mol. The van der Waals surface area contributed by atoms with Crippen molar-refractivity contribution >= 4 is 23.4 Å². The third kappa shape index (κ3) is 6.02. The summed E-state index contributed by atoms with van der Waals surface area (Å²) in [6, 6.07) is 4.76. The SMILES string of the molecule is CC(C)n1nccc1C(=O)N[C@H](C(=O)Nc1ccc([C@H](C)C(=O)N2CCC(F)(F)C2)cc1F)C(C1CC1)C1CC1. The Morgan fingerprint density at radius 1 is 1.05 bits per heavy atom. The molecule has 40 heavy (non-hydrogen) atoms. The van der Waals surface area contributed by atoms with Crippen LogP contribution in [0.2, 0.25) is 0 Å². The van der Waals surface area contributed by atoms with Crippen molar-refractivity contribution in [2.75, 3.05) is 18.4 Å². The zero-order chi connectivity index (χ0) is 28.8. The molecule has 2 atom stereocenters.